The second-order valence-electron chi connectivity index (χ2n) is 4.86. The third-order valence-electron chi connectivity index (χ3n) is 3.00. The summed E-state index contributed by atoms with van der Waals surface area (Å²) in [6.45, 7) is 15.2. The number of ether oxygens (including phenoxy) is 1. The van der Waals surface area contributed by atoms with Gasteiger partial charge >= 0.3 is 14.8 Å². The van der Waals surface area contributed by atoms with E-state index < -0.39 is 8.80 Å². The van der Waals surface area contributed by atoms with Gasteiger partial charge in [0.15, 0.2) is 0 Å². The van der Waals surface area contributed by atoms with Gasteiger partial charge in [-0.05, 0) is 40.5 Å². The van der Waals surface area contributed by atoms with Gasteiger partial charge in [-0.3, -0.25) is 0 Å². The first-order chi connectivity index (χ1) is 9.93. The van der Waals surface area contributed by atoms with E-state index in [1.165, 1.54) is 0 Å². The molecule has 0 aromatic heterocycles. The van der Waals surface area contributed by atoms with Crippen molar-refractivity contribution < 1.29 is 22.8 Å². The number of hydrogen-bond donors (Lipinski definition) is 0. The molecule has 0 spiro atoms. The average molecular weight is 318 g/mol. The molecule has 0 aliphatic carbocycles. The number of esters is 1. The fraction of sp³-hybridized carbons (Fsp3) is 0.800. The molecule has 0 aliphatic rings. The van der Waals surface area contributed by atoms with Crippen molar-refractivity contribution in [2.45, 2.75) is 53.0 Å². The maximum absolute atomic E-state index is 11.3. The normalized spacial score (nSPS) is 13.0. The Balaban J connectivity index is 4.42. The third-order valence-corrected chi connectivity index (χ3v) is 6.57. The maximum atomic E-state index is 11.3. The highest BCUT2D eigenvalue weighted by atomic mass is 28.4. The summed E-state index contributed by atoms with van der Waals surface area (Å²) in [5.74, 6) is -0.342. The molecule has 0 bridgehead atoms. The van der Waals surface area contributed by atoms with E-state index in [0.717, 1.165) is 12.8 Å². The van der Waals surface area contributed by atoms with Gasteiger partial charge in [0.05, 0.1) is 6.61 Å². The molecule has 1 unspecified atom stereocenters. The van der Waals surface area contributed by atoms with Crippen LogP contribution in [-0.4, -0.2) is 41.2 Å². The summed E-state index contributed by atoms with van der Waals surface area (Å²) in [7, 11) is -2.66. The predicted molar refractivity (Wildman–Crippen MR) is 85.1 cm³/mol. The van der Waals surface area contributed by atoms with Crippen LogP contribution < -0.4 is 0 Å². The summed E-state index contributed by atoms with van der Waals surface area (Å²) < 4.78 is 22.7. The first kappa shape index (κ1) is 20.3. The highest BCUT2D eigenvalue weighted by Gasteiger charge is 2.46. The molecular formula is C15H30O5Si. The molecular weight excluding hydrogens is 288 g/mol. The first-order valence-electron chi connectivity index (χ1n) is 7.67. The Hall–Kier alpha value is -0.693. The monoisotopic (exact) mass is 318 g/mol. The van der Waals surface area contributed by atoms with Crippen LogP contribution in [0.2, 0.25) is 5.54 Å². The summed E-state index contributed by atoms with van der Waals surface area (Å²) in [4.78, 5) is 11.3. The van der Waals surface area contributed by atoms with Gasteiger partial charge in [0.1, 0.15) is 0 Å². The lowest BCUT2D eigenvalue weighted by molar-refractivity contribution is -0.139. The van der Waals surface area contributed by atoms with Gasteiger partial charge in [-0.25, -0.2) is 4.79 Å². The largest absolute Gasteiger partial charge is 0.503 e. The molecule has 0 aliphatic heterocycles. The third kappa shape index (κ3) is 7.22. The van der Waals surface area contributed by atoms with E-state index in [9.17, 15) is 4.79 Å². The molecule has 0 saturated carbocycles. The van der Waals surface area contributed by atoms with Crippen LogP contribution in [0.5, 0.6) is 0 Å². The van der Waals surface area contributed by atoms with Crippen molar-refractivity contribution in [2.24, 2.45) is 0 Å². The van der Waals surface area contributed by atoms with Crippen molar-refractivity contribution in [1.29, 1.82) is 0 Å². The Bertz CT molecular complexity index is 302. The lowest BCUT2D eigenvalue weighted by Crippen LogP contribution is -2.49. The fourth-order valence-electron chi connectivity index (χ4n) is 2.01. The minimum Gasteiger partial charge on any atom is -0.462 e. The zero-order chi connectivity index (χ0) is 16.3. The van der Waals surface area contributed by atoms with E-state index in [4.69, 9.17) is 18.0 Å². The zero-order valence-corrected chi connectivity index (χ0v) is 15.1. The van der Waals surface area contributed by atoms with E-state index >= 15 is 0 Å². The Morgan fingerprint density at radius 2 is 1.57 bits per heavy atom. The van der Waals surface area contributed by atoms with Crippen molar-refractivity contribution >= 4 is 14.8 Å². The van der Waals surface area contributed by atoms with Crippen molar-refractivity contribution in [2.75, 3.05) is 26.4 Å². The molecule has 124 valence electrons. The predicted octanol–water partition coefficient (Wildman–Crippen LogP) is 3.32. The molecule has 0 radical (unpaired) electrons. The molecule has 0 aromatic rings. The van der Waals surface area contributed by atoms with E-state index in [0.29, 0.717) is 32.0 Å². The SMILES string of the molecule is C=C(C)C(=O)OCCCC(C)[Si](OCC)(OCC)OCC. The standard InChI is InChI=1S/C15H30O5Si/c1-7-18-21(19-8-2,20-9-3)14(6)11-10-12-17-15(16)13(4)5/h14H,4,7-12H2,1-3,5-6H3. The first-order valence-corrected chi connectivity index (χ1v) is 9.48. The van der Waals surface area contributed by atoms with E-state index in [2.05, 4.69) is 13.5 Å². The number of carbonyl (C=O) groups excluding carboxylic acids is 1. The van der Waals surface area contributed by atoms with Crippen LogP contribution in [0, 0.1) is 0 Å². The van der Waals surface area contributed by atoms with Crippen molar-refractivity contribution in [3.05, 3.63) is 12.2 Å². The fourth-order valence-corrected chi connectivity index (χ4v) is 4.88. The van der Waals surface area contributed by atoms with Crippen molar-refractivity contribution in [3.8, 4) is 0 Å². The smallest absolute Gasteiger partial charge is 0.462 e. The van der Waals surface area contributed by atoms with Gasteiger partial charge in [-0.15, -0.1) is 0 Å². The van der Waals surface area contributed by atoms with Crippen molar-refractivity contribution in [3.63, 3.8) is 0 Å². The summed E-state index contributed by atoms with van der Waals surface area (Å²) >= 11 is 0. The summed E-state index contributed by atoms with van der Waals surface area (Å²) in [6.07, 6.45) is 1.58. The van der Waals surface area contributed by atoms with Crippen LogP contribution in [0.1, 0.15) is 47.5 Å². The molecule has 6 heteroatoms. The average Bonchev–Trinajstić information content (AvgIpc) is 2.43. The van der Waals surface area contributed by atoms with Crippen LogP contribution in [0.25, 0.3) is 0 Å². The van der Waals surface area contributed by atoms with Gasteiger partial charge in [0, 0.05) is 30.9 Å². The van der Waals surface area contributed by atoms with Crippen molar-refractivity contribution in [1.82, 2.24) is 0 Å². The molecule has 0 rings (SSSR count). The Morgan fingerprint density at radius 3 is 1.95 bits per heavy atom. The quantitative estimate of drug-likeness (QED) is 0.239. The molecule has 1 atom stereocenters. The van der Waals surface area contributed by atoms with Crippen LogP contribution in [0.15, 0.2) is 12.2 Å². The molecule has 0 amide bonds. The molecule has 0 saturated heterocycles. The topological polar surface area (TPSA) is 54.0 Å². The second kappa shape index (κ2) is 11.0. The highest BCUT2D eigenvalue weighted by Crippen LogP contribution is 2.29. The summed E-state index contributed by atoms with van der Waals surface area (Å²) in [6, 6.07) is 0. The molecule has 21 heavy (non-hydrogen) atoms. The lowest BCUT2D eigenvalue weighted by Gasteiger charge is -2.33. The van der Waals surface area contributed by atoms with E-state index in [1.54, 1.807) is 6.92 Å². The number of hydrogen-bond acceptors (Lipinski definition) is 5. The molecule has 0 aromatic carbocycles. The van der Waals surface area contributed by atoms with Crippen LogP contribution in [0.4, 0.5) is 0 Å². The summed E-state index contributed by atoms with van der Waals surface area (Å²) in [5.41, 5.74) is 0.589. The molecule has 0 heterocycles. The molecule has 0 fully saturated rings. The lowest BCUT2D eigenvalue weighted by atomic mass is 10.2. The zero-order valence-electron chi connectivity index (χ0n) is 14.1. The van der Waals surface area contributed by atoms with Gasteiger partial charge in [-0.2, -0.15) is 0 Å². The summed E-state index contributed by atoms with van der Waals surface area (Å²) in [5, 5.41) is 0. The molecule has 0 N–H and O–H groups in total. The maximum Gasteiger partial charge on any atom is 0.503 e. The molecule has 5 nitrogen and oxygen atoms in total. The van der Waals surface area contributed by atoms with Gasteiger partial charge in [-0.1, -0.05) is 13.5 Å². The number of carbonyl (C=O) groups is 1. The van der Waals surface area contributed by atoms with Crippen LogP contribution in [-0.2, 0) is 22.8 Å². The number of rotatable bonds is 12. The Morgan fingerprint density at radius 1 is 1.10 bits per heavy atom. The van der Waals surface area contributed by atoms with Crippen LogP contribution in [0.3, 0.4) is 0 Å². The van der Waals surface area contributed by atoms with E-state index in [-0.39, 0.29) is 11.5 Å². The highest BCUT2D eigenvalue weighted by molar-refractivity contribution is 6.62. The Kier molecular flexibility index (Phi) is 10.6. The van der Waals surface area contributed by atoms with Gasteiger partial charge in [0.25, 0.3) is 0 Å². The minimum atomic E-state index is -2.66. The minimum absolute atomic E-state index is 0.167. The van der Waals surface area contributed by atoms with E-state index in [1.807, 2.05) is 20.8 Å². The van der Waals surface area contributed by atoms with Gasteiger partial charge < -0.3 is 18.0 Å². The van der Waals surface area contributed by atoms with Crippen LogP contribution >= 0.6 is 0 Å². The second-order valence-corrected chi connectivity index (χ2v) is 7.92. The van der Waals surface area contributed by atoms with Gasteiger partial charge in [0.2, 0.25) is 0 Å². The Labute approximate surface area is 130 Å².